The summed E-state index contributed by atoms with van der Waals surface area (Å²) in [5.41, 5.74) is 5.59. The number of carbonyl (C=O) groups is 3. The van der Waals surface area contributed by atoms with Crippen molar-refractivity contribution < 1.29 is 24.3 Å². The molecule has 0 saturated carbocycles. The molecular weight excluding hydrogens is 420 g/mol. The Hall–Kier alpha value is -2.38. The summed E-state index contributed by atoms with van der Waals surface area (Å²) in [5, 5.41) is 15.1. The highest BCUT2D eigenvalue weighted by atomic mass is 35.5. The molecule has 144 valence electrons. The lowest BCUT2D eigenvalue weighted by atomic mass is 10.0. The number of anilines is 1. The highest BCUT2D eigenvalue weighted by Gasteiger charge is 2.54. The number of β-lactam (4-membered cyclic amide) rings is 1. The van der Waals surface area contributed by atoms with E-state index in [0.29, 0.717) is 11.3 Å². The maximum absolute atomic E-state index is 12.5. The monoisotopic (exact) mass is 432 g/mol. The van der Waals surface area contributed by atoms with Gasteiger partial charge in [0.25, 0.3) is 11.8 Å². The number of hydrogen-bond donors (Lipinski definition) is 3. The molecule has 2 atom stereocenters. The second-order valence-electron chi connectivity index (χ2n) is 5.33. The van der Waals surface area contributed by atoms with Gasteiger partial charge in [-0.1, -0.05) is 5.16 Å². The molecule has 0 aliphatic carbocycles. The van der Waals surface area contributed by atoms with Crippen LogP contribution in [-0.4, -0.2) is 73.0 Å². The standard InChI is InChI=1S/C13H13ClN6O5S2/c1-25-18-5(8-17-13(15)27-19-8)9(21)16-6-10(22)20-7(12(23)24)4(2-14)3-26-11(6)20/h6,11H,2-3H2,1H3,(H,16,21)(H,23,24)(H2,15,17,19)/b18-5-/t6?,11-/m1/s1. The average molecular weight is 433 g/mol. The number of nitrogens with one attached hydrogen (secondary N) is 1. The molecule has 3 rings (SSSR count). The predicted octanol–water partition coefficient (Wildman–Crippen LogP) is -0.552. The summed E-state index contributed by atoms with van der Waals surface area (Å²) in [6, 6.07) is -0.924. The number of carboxylic acids is 1. The first kappa shape index (κ1) is 19.4. The third kappa shape index (κ3) is 3.44. The number of oxime groups is 1. The fraction of sp³-hybridized carbons (Fsp3) is 0.385. The van der Waals surface area contributed by atoms with Gasteiger partial charge in [0.15, 0.2) is 5.13 Å². The largest absolute Gasteiger partial charge is 0.477 e. The Bertz CT molecular complexity index is 871. The van der Waals surface area contributed by atoms with Gasteiger partial charge in [-0.3, -0.25) is 14.5 Å². The fourth-order valence-corrected chi connectivity index (χ4v) is 4.72. The first-order valence-electron chi connectivity index (χ1n) is 7.36. The van der Waals surface area contributed by atoms with Crippen molar-refractivity contribution in [3.8, 4) is 0 Å². The fourth-order valence-electron chi connectivity index (χ4n) is 2.60. The zero-order valence-electron chi connectivity index (χ0n) is 13.7. The van der Waals surface area contributed by atoms with Crippen molar-refractivity contribution in [2.24, 2.45) is 5.16 Å². The molecule has 0 radical (unpaired) electrons. The number of nitrogens with two attached hydrogens (primary N) is 1. The summed E-state index contributed by atoms with van der Waals surface area (Å²) in [6.07, 6.45) is 0. The maximum atomic E-state index is 12.5. The van der Waals surface area contributed by atoms with E-state index in [2.05, 4.69) is 24.7 Å². The molecule has 11 nitrogen and oxygen atoms in total. The summed E-state index contributed by atoms with van der Waals surface area (Å²) in [6.45, 7) is 0. The lowest BCUT2D eigenvalue weighted by Gasteiger charge is -2.49. The van der Waals surface area contributed by atoms with Crippen LogP contribution in [-0.2, 0) is 19.2 Å². The van der Waals surface area contributed by atoms with Crippen molar-refractivity contribution in [3.63, 3.8) is 0 Å². The normalized spacial score (nSPS) is 22.2. The molecule has 1 aromatic heterocycles. The molecule has 0 spiro atoms. The predicted molar refractivity (Wildman–Crippen MR) is 98.3 cm³/mol. The van der Waals surface area contributed by atoms with Crippen LogP contribution in [0.15, 0.2) is 16.4 Å². The molecule has 1 aromatic rings. The number of aromatic nitrogens is 2. The zero-order valence-corrected chi connectivity index (χ0v) is 16.1. The van der Waals surface area contributed by atoms with Gasteiger partial charge in [-0.2, -0.15) is 9.36 Å². The minimum Gasteiger partial charge on any atom is -0.477 e. The molecule has 3 heterocycles. The van der Waals surface area contributed by atoms with E-state index in [-0.39, 0.29) is 28.2 Å². The van der Waals surface area contributed by atoms with Gasteiger partial charge in [-0.25, -0.2) is 4.79 Å². The summed E-state index contributed by atoms with van der Waals surface area (Å²) in [5.74, 6) is -2.22. The molecule has 2 amide bonds. The average Bonchev–Trinajstić information content (AvgIpc) is 3.08. The Morgan fingerprint density at radius 3 is 2.85 bits per heavy atom. The van der Waals surface area contributed by atoms with Crippen molar-refractivity contribution in [1.29, 1.82) is 0 Å². The van der Waals surface area contributed by atoms with E-state index in [1.165, 1.54) is 18.9 Å². The van der Waals surface area contributed by atoms with Crippen LogP contribution in [0.4, 0.5) is 5.13 Å². The summed E-state index contributed by atoms with van der Waals surface area (Å²) in [7, 11) is 1.24. The maximum Gasteiger partial charge on any atom is 0.352 e. The Labute approximate surface area is 165 Å². The van der Waals surface area contributed by atoms with Crippen molar-refractivity contribution in [3.05, 3.63) is 17.1 Å². The minimum atomic E-state index is -1.24. The van der Waals surface area contributed by atoms with Crippen molar-refractivity contribution in [2.75, 3.05) is 24.5 Å². The van der Waals surface area contributed by atoms with E-state index in [1.54, 1.807) is 0 Å². The molecule has 0 aromatic carbocycles. The molecular formula is C13H13ClN6O5S2. The van der Waals surface area contributed by atoms with E-state index >= 15 is 0 Å². The molecule has 14 heteroatoms. The van der Waals surface area contributed by atoms with Gasteiger partial charge in [-0.05, 0) is 5.57 Å². The number of alkyl halides is 1. The zero-order chi connectivity index (χ0) is 19.7. The number of hydrogen-bond acceptors (Lipinski definition) is 10. The van der Waals surface area contributed by atoms with Crippen LogP contribution in [0.5, 0.6) is 0 Å². The molecule has 1 fully saturated rings. The number of rotatable bonds is 6. The number of aliphatic carboxylic acids is 1. The Kier molecular flexibility index (Phi) is 5.53. The Balaban J connectivity index is 1.79. The molecule has 2 aliphatic heterocycles. The first-order valence-corrected chi connectivity index (χ1v) is 9.72. The number of fused-ring (bicyclic) bond motifs is 1. The third-order valence-electron chi connectivity index (χ3n) is 3.75. The lowest BCUT2D eigenvalue weighted by Crippen LogP contribution is -2.71. The molecule has 4 N–H and O–H groups in total. The molecule has 1 saturated heterocycles. The van der Waals surface area contributed by atoms with Crippen LogP contribution in [0, 0.1) is 0 Å². The van der Waals surface area contributed by atoms with Gasteiger partial charge in [0.2, 0.25) is 11.5 Å². The number of amides is 2. The van der Waals surface area contributed by atoms with Gasteiger partial charge in [0, 0.05) is 23.2 Å². The van der Waals surface area contributed by atoms with Crippen LogP contribution in [0.3, 0.4) is 0 Å². The van der Waals surface area contributed by atoms with Gasteiger partial charge >= 0.3 is 5.97 Å². The van der Waals surface area contributed by atoms with Gasteiger partial charge in [-0.15, -0.1) is 23.4 Å². The van der Waals surface area contributed by atoms with E-state index in [9.17, 15) is 19.5 Å². The minimum absolute atomic E-state index is 0.00369. The number of carbonyl (C=O) groups excluding carboxylic acids is 2. The highest BCUT2D eigenvalue weighted by Crippen LogP contribution is 2.40. The quantitative estimate of drug-likeness (QED) is 0.232. The van der Waals surface area contributed by atoms with Crippen LogP contribution in [0.1, 0.15) is 5.82 Å². The van der Waals surface area contributed by atoms with Crippen LogP contribution >= 0.6 is 34.9 Å². The molecule has 0 bridgehead atoms. The lowest BCUT2D eigenvalue weighted by molar-refractivity contribution is -0.150. The number of nitrogens with zero attached hydrogens (tertiary/aromatic N) is 4. The number of thioether (sulfide) groups is 1. The highest BCUT2D eigenvalue weighted by molar-refractivity contribution is 8.00. The van der Waals surface area contributed by atoms with Gasteiger partial charge in [0.1, 0.15) is 24.2 Å². The SMILES string of the molecule is CO/N=C(\C(=O)NC1C(=O)N2C(C(=O)O)=C(CCl)CS[C@H]12)c1nsc(N)n1. The number of nitrogen functional groups attached to an aromatic ring is 1. The van der Waals surface area contributed by atoms with Gasteiger partial charge < -0.3 is 21.0 Å². The molecule has 27 heavy (non-hydrogen) atoms. The van der Waals surface area contributed by atoms with Crippen LogP contribution in [0.25, 0.3) is 0 Å². The first-order chi connectivity index (χ1) is 12.9. The van der Waals surface area contributed by atoms with Crippen LogP contribution < -0.4 is 11.1 Å². The summed E-state index contributed by atoms with van der Waals surface area (Å²) < 4.78 is 3.90. The number of halogens is 1. The van der Waals surface area contributed by atoms with E-state index in [0.717, 1.165) is 16.4 Å². The summed E-state index contributed by atoms with van der Waals surface area (Å²) in [4.78, 5) is 46.1. The molecule has 2 aliphatic rings. The third-order valence-corrected chi connectivity index (χ3v) is 5.95. The van der Waals surface area contributed by atoms with Gasteiger partial charge in [0.05, 0.1) is 0 Å². The summed E-state index contributed by atoms with van der Waals surface area (Å²) >= 11 is 7.96. The number of carboxylic acid groups (broad SMARTS) is 1. The van der Waals surface area contributed by atoms with Crippen molar-refractivity contribution in [1.82, 2.24) is 19.6 Å². The van der Waals surface area contributed by atoms with Crippen LogP contribution in [0.2, 0.25) is 0 Å². The Morgan fingerprint density at radius 2 is 2.30 bits per heavy atom. The van der Waals surface area contributed by atoms with E-state index in [4.69, 9.17) is 17.3 Å². The Morgan fingerprint density at radius 1 is 1.56 bits per heavy atom. The van der Waals surface area contributed by atoms with E-state index < -0.39 is 29.2 Å². The van der Waals surface area contributed by atoms with E-state index in [1.807, 2.05) is 0 Å². The molecule has 1 unspecified atom stereocenters. The van der Waals surface area contributed by atoms with Crippen molar-refractivity contribution >= 4 is 63.5 Å². The second-order valence-corrected chi connectivity index (χ2v) is 7.49. The smallest absolute Gasteiger partial charge is 0.352 e. The van der Waals surface area contributed by atoms with Crippen molar-refractivity contribution in [2.45, 2.75) is 11.4 Å². The topological polar surface area (TPSA) is 160 Å². The second kappa shape index (κ2) is 7.70.